The summed E-state index contributed by atoms with van der Waals surface area (Å²) in [5.41, 5.74) is 0.324. The van der Waals surface area contributed by atoms with Crippen molar-refractivity contribution in [1.29, 1.82) is 0 Å². The van der Waals surface area contributed by atoms with Crippen molar-refractivity contribution in [2.75, 3.05) is 6.54 Å². The second-order valence-electron chi connectivity index (χ2n) is 4.38. The van der Waals surface area contributed by atoms with E-state index in [0.29, 0.717) is 0 Å². The van der Waals surface area contributed by atoms with E-state index in [1.165, 1.54) is 30.3 Å². The van der Waals surface area contributed by atoms with Gasteiger partial charge in [0, 0.05) is 24.2 Å². The lowest BCUT2D eigenvalue weighted by atomic mass is 10.1. The van der Waals surface area contributed by atoms with E-state index < -0.39 is 23.6 Å². The van der Waals surface area contributed by atoms with Crippen LogP contribution in [0.2, 0.25) is 0 Å². The van der Waals surface area contributed by atoms with Crippen LogP contribution in [0, 0.1) is 17.5 Å². The summed E-state index contributed by atoms with van der Waals surface area (Å²) in [5.74, 6) is -2.34. The molecular weight excluding hydrogens is 267 g/mol. The topological polar surface area (TPSA) is 32.3 Å². The van der Waals surface area contributed by atoms with Crippen LogP contribution in [0.25, 0.3) is 0 Å². The average Bonchev–Trinajstić information content (AvgIpc) is 2.44. The maximum absolute atomic E-state index is 13.4. The van der Waals surface area contributed by atoms with Crippen LogP contribution in [0.15, 0.2) is 42.5 Å². The van der Waals surface area contributed by atoms with Gasteiger partial charge in [0.25, 0.3) is 0 Å². The molecule has 0 saturated carbocycles. The Bertz CT molecular complexity index is 589. The highest BCUT2D eigenvalue weighted by molar-refractivity contribution is 5.21. The summed E-state index contributed by atoms with van der Waals surface area (Å²) in [5, 5.41) is 12.6. The number of aliphatic hydroxyl groups excluding tert-OH is 1. The fraction of sp³-hybridized carbons (Fsp3) is 0.200. The quantitative estimate of drug-likeness (QED) is 0.883. The highest BCUT2D eigenvalue weighted by Gasteiger charge is 2.12. The van der Waals surface area contributed by atoms with Crippen molar-refractivity contribution in [3.63, 3.8) is 0 Å². The van der Waals surface area contributed by atoms with Crippen LogP contribution in [0.4, 0.5) is 13.2 Å². The van der Waals surface area contributed by atoms with Crippen molar-refractivity contribution in [2.45, 2.75) is 12.6 Å². The Hall–Kier alpha value is -1.85. The van der Waals surface area contributed by atoms with Crippen LogP contribution in [0.1, 0.15) is 17.2 Å². The zero-order valence-electron chi connectivity index (χ0n) is 10.6. The molecule has 0 bridgehead atoms. The Kier molecular flexibility index (Phi) is 4.76. The fourth-order valence-electron chi connectivity index (χ4n) is 1.88. The van der Waals surface area contributed by atoms with Gasteiger partial charge in [-0.2, -0.15) is 0 Å². The summed E-state index contributed by atoms with van der Waals surface area (Å²) in [6, 6.07) is 9.76. The van der Waals surface area contributed by atoms with Gasteiger partial charge in [-0.25, -0.2) is 13.2 Å². The Labute approximate surface area is 114 Å². The molecule has 0 fully saturated rings. The van der Waals surface area contributed by atoms with Gasteiger partial charge in [-0.05, 0) is 12.1 Å². The van der Waals surface area contributed by atoms with Crippen LogP contribution >= 0.6 is 0 Å². The van der Waals surface area contributed by atoms with Crippen LogP contribution < -0.4 is 5.32 Å². The predicted molar refractivity (Wildman–Crippen MR) is 69.4 cm³/mol. The lowest BCUT2D eigenvalue weighted by Gasteiger charge is -2.13. The normalized spacial score (nSPS) is 12.4. The van der Waals surface area contributed by atoms with Gasteiger partial charge in [0.15, 0.2) is 11.6 Å². The third-order valence-corrected chi connectivity index (χ3v) is 2.95. The number of rotatable bonds is 5. The van der Waals surface area contributed by atoms with Gasteiger partial charge >= 0.3 is 0 Å². The first-order valence-electron chi connectivity index (χ1n) is 6.15. The van der Waals surface area contributed by atoms with E-state index in [1.54, 1.807) is 6.07 Å². The maximum atomic E-state index is 13.4. The molecule has 2 nitrogen and oxygen atoms in total. The predicted octanol–water partition coefficient (Wildman–Crippen LogP) is 2.93. The number of nitrogens with one attached hydrogen (secondary N) is 1. The molecule has 0 spiro atoms. The van der Waals surface area contributed by atoms with Gasteiger partial charge in [0.05, 0.1) is 6.10 Å². The first kappa shape index (κ1) is 14.6. The summed E-state index contributed by atoms with van der Waals surface area (Å²) in [7, 11) is 0. The summed E-state index contributed by atoms with van der Waals surface area (Å²) in [6.07, 6.45) is -1.05. The van der Waals surface area contributed by atoms with E-state index in [-0.39, 0.29) is 24.2 Å². The molecule has 0 aliphatic heterocycles. The van der Waals surface area contributed by atoms with Gasteiger partial charge in [-0.3, -0.25) is 0 Å². The lowest BCUT2D eigenvalue weighted by molar-refractivity contribution is 0.169. The Morgan fingerprint density at radius 2 is 1.65 bits per heavy atom. The largest absolute Gasteiger partial charge is 0.387 e. The molecule has 1 atom stereocenters. The molecule has 2 rings (SSSR count). The van der Waals surface area contributed by atoms with E-state index in [9.17, 15) is 18.3 Å². The SMILES string of the molecule is OC(CNCc1cccc(F)c1F)c1ccccc1F. The molecule has 20 heavy (non-hydrogen) atoms. The average molecular weight is 281 g/mol. The first-order chi connectivity index (χ1) is 9.59. The van der Waals surface area contributed by atoms with Crippen molar-refractivity contribution in [3.05, 3.63) is 71.0 Å². The second kappa shape index (κ2) is 6.54. The lowest BCUT2D eigenvalue weighted by Crippen LogP contribution is -2.22. The second-order valence-corrected chi connectivity index (χ2v) is 4.38. The van der Waals surface area contributed by atoms with Gasteiger partial charge in [0.1, 0.15) is 5.82 Å². The fourth-order valence-corrected chi connectivity index (χ4v) is 1.88. The van der Waals surface area contributed by atoms with E-state index in [0.717, 1.165) is 6.07 Å². The standard InChI is InChI=1S/C15H14F3NO/c16-12-6-2-1-5-11(12)14(20)9-19-8-10-4-3-7-13(17)15(10)18/h1-7,14,19-20H,8-9H2. The van der Waals surface area contributed by atoms with Crippen LogP contribution in [0.3, 0.4) is 0 Å². The van der Waals surface area contributed by atoms with Crippen LogP contribution in [-0.4, -0.2) is 11.7 Å². The Balaban J connectivity index is 1.93. The molecule has 0 heterocycles. The number of aliphatic hydroxyl groups is 1. The number of benzene rings is 2. The molecule has 2 N–H and O–H groups in total. The molecule has 0 aromatic heterocycles. The minimum atomic E-state index is -1.05. The number of hydrogen-bond donors (Lipinski definition) is 2. The molecule has 0 aliphatic carbocycles. The van der Waals surface area contributed by atoms with E-state index in [2.05, 4.69) is 5.32 Å². The van der Waals surface area contributed by atoms with Crippen molar-refractivity contribution >= 4 is 0 Å². The molecule has 106 valence electrons. The Morgan fingerprint density at radius 1 is 0.950 bits per heavy atom. The van der Waals surface area contributed by atoms with Crippen molar-refractivity contribution in [1.82, 2.24) is 5.32 Å². The van der Waals surface area contributed by atoms with Crippen molar-refractivity contribution in [3.8, 4) is 0 Å². The molecule has 0 amide bonds. The highest BCUT2D eigenvalue weighted by atomic mass is 19.2. The molecule has 2 aromatic carbocycles. The van der Waals surface area contributed by atoms with Gasteiger partial charge in [-0.1, -0.05) is 30.3 Å². The maximum Gasteiger partial charge on any atom is 0.163 e. The van der Waals surface area contributed by atoms with E-state index in [4.69, 9.17) is 0 Å². The van der Waals surface area contributed by atoms with Gasteiger partial charge < -0.3 is 10.4 Å². The zero-order chi connectivity index (χ0) is 14.5. The zero-order valence-corrected chi connectivity index (χ0v) is 10.6. The van der Waals surface area contributed by atoms with E-state index in [1.807, 2.05) is 0 Å². The molecule has 2 aromatic rings. The Morgan fingerprint density at radius 3 is 2.40 bits per heavy atom. The van der Waals surface area contributed by atoms with Gasteiger partial charge in [0.2, 0.25) is 0 Å². The summed E-state index contributed by atoms with van der Waals surface area (Å²) in [6.45, 7) is 0.0893. The molecular formula is C15H14F3NO. The van der Waals surface area contributed by atoms with Crippen LogP contribution in [0.5, 0.6) is 0 Å². The summed E-state index contributed by atoms with van der Waals surface area (Å²) < 4.78 is 39.8. The molecule has 0 saturated heterocycles. The minimum Gasteiger partial charge on any atom is -0.387 e. The summed E-state index contributed by atoms with van der Waals surface area (Å²) in [4.78, 5) is 0. The van der Waals surface area contributed by atoms with Crippen molar-refractivity contribution < 1.29 is 18.3 Å². The molecule has 5 heteroatoms. The van der Waals surface area contributed by atoms with E-state index >= 15 is 0 Å². The smallest absolute Gasteiger partial charge is 0.163 e. The molecule has 0 radical (unpaired) electrons. The summed E-state index contributed by atoms with van der Waals surface area (Å²) >= 11 is 0. The molecule has 0 aliphatic rings. The highest BCUT2D eigenvalue weighted by Crippen LogP contribution is 2.16. The number of hydrogen-bond acceptors (Lipinski definition) is 2. The van der Waals surface area contributed by atoms with Crippen molar-refractivity contribution in [2.24, 2.45) is 0 Å². The third kappa shape index (κ3) is 3.37. The first-order valence-corrected chi connectivity index (χ1v) is 6.15. The van der Waals surface area contributed by atoms with Gasteiger partial charge in [-0.15, -0.1) is 0 Å². The minimum absolute atomic E-state index is 0.0386. The monoisotopic (exact) mass is 281 g/mol. The number of halogens is 3. The third-order valence-electron chi connectivity index (χ3n) is 2.95. The van der Waals surface area contributed by atoms with Crippen LogP contribution in [-0.2, 0) is 6.54 Å². The molecule has 1 unspecified atom stereocenters.